The lowest BCUT2D eigenvalue weighted by molar-refractivity contribution is -0.139. The van der Waals surface area contributed by atoms with Gasteiger partial charge in [0.05, 0.1) is 25.9 Å². The molecule has 6 unspecified atom stereocenters. The molecule has 3 aliphatic rings. The zero-order valence-corrected chi connectivity index (χ0v) is 25.5. The first kappa shape index (κ1) is 32.6. The number of hydrogen-bond acceptors (Lipinski definition) is 5. The highest BCUT2D eigenvalue weighted by atomic mass is 16.5. The molecule has 0 amide bonds. The summed E-state index contributed by atoms with van der Waals surface area (Å²) in [5, 5.41) is 19.6. The Morgan fingerprint density at radius 3 is 2.23 bits per heavy atom. The van der Waals surface area contributed by atoms with Gasteiger partial charge in [-0.3, -0.25) is 0 Å². The molecule has 0 heterocycles. The molecule has 2 N–H and O–H groups in total. The molecule has 0 aromatic carbocycles. The van der Waals surface area contributed by atoms with Gasteiger partial charge in [-0.15, -0.1) is 0 Å². The summed E-state index contributed by atoms with van der Waals surface area (Å²) >= 11 is 0. The van der Waals surface area contributed by atoms with Crippen molar-refractivity contribution in [1.29, 1.82) is 0 Å². The minimum Gasteiger partial charge on any atom is -0.463 e. The van der Waals surface area contributed by atoms with E-state index in [2.05, 4.69) is 20.4 Å². The van der Waals surface area contributed by atoms with Crippen molar-refractivity contribution in [1.82, 2.24) is 0 Å². The predicted molar refractivity (Wildman–Crippen MR) is 158 cm³/mol. The van der Waals surface area contributed by atoms with E-state index in [4.69, 9.17) is 9.47 Å². The second-order valence-corrected chi connectivity index (χ2v) is 13.8. The van der Waals surface area contributed by atoms with Crippen molar-refractivity contribution in [3.63, 3.8) is 0 Å². The topological polar surface area (TPSA) is 76.0 Å². The monoisotopic (exact) mass is 548 g/mol. The Morgan fingerprint density at radius 2 is 1.59 bits per heavy atom. The normalized spacial score (nSPS) is 34.0. The number of aliphatic hydroxyl groups is 2. The summed E-state index contributed by atoms with van der Waals surface area (Å²) in [6, 6.07) is 0. The molecule has 0 aliphatic heterocycles. The molecule has 0 saturated heterocycles. The van der Waals surface area contributed by atoms with Crippen LogP contribution in [0.1, 0.15) is 117 Å². The summed E-state index contributed by atoms with van der Waals surface area (Å²) in [6.07, 6.45) is 19.9. The van der Waals surface area contributed by atoms with Gasteiger partial charge in [-0.1, -0.05) is 72.3 Å². The van der Waals surface area contributed by atoms with Crippen LogP contribution in [0.2, 0.25) is 0 Å². The van der Waals surface area contributed by atoms with Gasteiger partial charge in [-0.25, -0.2) is 4.79 Å². The van der Waals surface area contributed by atoms with E-state index in [0.717, 1.165) is 61.2 Å². The molecule has 0 aromatic rings. The molecule has 5 heteroatoms. The van der Waals surface area contributed by atoms with Crippen LogP contribution >= 0.6 is 0 Å². The lowest BCUT2D eigenvalue weighted by atomic mass is 9.63. The lowest BCUT2D eigenvalue weighted by Crippen LogP contribution is -2.39. The lowest BCUT2D eigenvalue weighted by Gasteiger charge is -2.44. The molecule has 39 heavy (non-hydrogen) atoms. The van der Waals surface area contributed by atoms with Gasteiger partial charge < -0.3 is 19.7 Å². The van der Waals surface area contributed by atoms with Crippen LogP contribution in [0, 0.1) is 46.8 Å². The first-order chi connectivity index (χ1) is 18.8. The Bertz CT molecular complexity index is 702. The van der Waals surface area contributed by atoms with Gasteiger partial charge in [0.1, 0.15) is 0 Å². The minimum absolute atomic E-state index is 0.0164. The van der Waals surface area contributed by atoms with E-state index in [0.29, 0.717) is 25.6 Å². The molecule has 226 valence electrons. The Hall–Kier alpha value is -0.910. The van der Waals surface area contributed by atoms with E-state index in [-0.39, 0.29) is 25.3 Å². The highest BCUT2D eigenvalue weighted by Gasteiger charge is 2.39. The van der Waals surface area contributed by atoms with Gasteiger partial charge in [0.2, 0.25) is 0 Å². The third-order valence-corrected chi connectivity index (χ3v) is 11.3. The Kier molecular flexibility index (Phi) is 13.8. The van der Waals surface area contributed by atoms with Crippen LogP contribution in [0.15, 0.2) is 12.7 Å². The SMILES string of the molecule is C=CC(=O)OCCC1CC(C2CCC(CCC3CCC(C)CC3)CC2C)CCC1OCCC(CC)(CO)CO. The average molecular weight is 549 g/mol. The van der Waals surface area contributed by atoms with Crippen LogP contribution < -0.4 is 0 Å². The molecule has 0 bridgehead atoms. The molecular formula is C34H60O5. The largest absolute Gasteiger partial charge is 0.463 e. The number of hydrogen-bond donors (Lipinski definition) is 2. The third kappa shape index (κ3) is 9.85. The van der Waals surface area contributed by atoms with Crippen molar-refractivity contribution in [3.05, 3.63) is 12.7 Å². The molecular weight excluding hydrogens is 488 g/mol. The fourth-order valence-electron chi connectivity index (χ4n) is 8.17. The molecule has 0 aromatic heterocycles. The van der Waals surface area contributed by atoms with Gasteiger partial charge in [-0.2, -0.15) is 0 Å². The van der Waals surface area contributed by atoms with E-state index >= 15 is 0 Å². The molecule has 5 nitrogen and oxygen atoms in total. The highest BCUT2D eigenvalue weighted by Crippen LogP contribution is 2.47. The Balaban J connectivity index is 1.50. The second-order valence-electron chi connectivity index (χ2n) is 13.8. The van der Waals surface area contributed by atoms with Crippen molar-refractivity contribution in [2.24, 2.45) is 46.8 Å². The average Bonchev–Trinajstić information content (AvgIpc) is 2.96. The molecule has 3 fully saturated rings. The van der Waals surface area contributed by atoms with Crippen molar-refractivity contribution in [2.45, 2.75) is 123 Å². The summed E-state index contributed by atoms with van der Waals surface area (Å²) in [6.45, 7) is 11.4. The summed E-state index contributed by atoms with van der Waals surface area (Å²) < 4.78 is 11.8. The standard InChI is InChI=1S/C34H60O5/c1-5-33(37)39-19-17-30-22-29(14-16-32(30)38-20-18-34(6-2,23-35)24-36)31-15-13-28(21-26(31)4)12-11-27-9-7-25(3)8-10-27/h5,25-32,35-36H,1,6-24H2,2-4H3. The smallest absolute Gasteiger partial charge is 0.330 e. The molecule has 6 atom stereocenters. The van der Waals surface area contributed by atoms with Crippen molar-refractivity contribution in [3.8, 4) is 0 Å². The zero-order chi connectivity index (χ0) is 28.3. The maximum atomic E-state index is 11.7. The number of rotatable bonds is 15. The van der Waals surface area contributed by atoms with Crippen LogP contribution in [0.25, 0.3) is 0 Å². The van der Waals surface area contributed by atoms with Gasteiger partial charge >= 0.3 is 5.97 Å². The number of esters is 1. The quantitative estimate of drug-likeness (QED) is 0.165. The maximum absolute atomic E-state index is 11.7. The van der Waals surface area contributed by atoms with E-state index in [1.807, 2.05) is 6.92 Å². The maximum Gasteiger partial charge on any atom is 0.330 e. The number of carbonyl (C=O) groups excluding carboxylic acids is 1. The van der Waals surface area contributed by atoms with Gasteiger partial charge in [-0.05, 0) is 92.8 Å². The number of carbonyl (C=O) groups is 1. The highest BCUT2D eigenvalue weighted by molar-refractivity contribution is 5.81. The van der Waals surface area contributed by atoms with Crippen molar-refractivity contribution >= 4 is 5.97 Å². The Morgan fingerprint density at radius 1 is 0.897 bits per heavy atom. The van der Waals surface area contributed by atoms with Crippen LogP contribution in [0.3, 0.4) is 0 Å². The Labute approximate surface area is 239 Å². The van der Waals surface area contributed by atoms with Gasteiger partial charge in [0.15, 0.2) is 0 Å². The minimum atomic E-state index is -0.463. The zero-order valence-electron chi connectivity index (χ0n) is 25.5. The molecule has 3 rings (SSSR count). The third-order valence-electron chi connectivity index (χ3n) is 11.3. The summed E-state index contributed by atoms with van der Waals surface area (Å²) in [5.41, 5.74) is -0.463. The summed E-state index contributed by atoms with van der Waals surface area (Å²) in [5.74, 6) is 5.18. The second kappa shape index (κ2) is 16.5. The fraction of sp³-hybridized carbons (Fsp3) is 0.912. The number of ether oxygens (including phenoxy) is 2. The van der Waals surface area contributed by atoms with E-state index < -0.39 is 5.41 Å². The van der Waals surface area contributed by atoms with Crippen molar-refractivity contribution in [2.75, 3.05) is 26.4 Å². The molecule has 0 radical (unpaired) electrons. The van der Waals surface area contributed by atoms with E-state index in [9.17, 15) is 15.0 Å². The molecule has 0 spiro atoms. The van der Waals surface area contributed by atoms with Crippen molar-refractivity contribution < 1.29 is 24.5 Å². The molecule has 3 saturated carbocycles. The van der Waals surface area contributed by atoms with E-state index in [1.165, 1.54) is 70.3 Å². The number of aliphatic hydroxyl groups excluding tert-OH is 2. The van der Waals surface area contributed by atoms with Gasteiger partial charge in [0, 0.05) is 18.1 Å². The van der Waals surface area contributed by atoms with Gasteiger partial charge in [0.25, 0.3) is 0 Å². The van der Waals surface area contributed by atoms with Crippen LogP contribution in [0.4, 0.5) is 0 Å². The summed E-state index contributed by atoms with van der Waals surface area (Å²) in [4.78, 5) is 11.7. The summed E-state index contributed by atoms with van der Waals surface area (Å²) in [7, 11) is 0. The molecule has 3 aliphatic carbocycles. The fourth-order valence-corrected chi connectivity index (χ4v) is 8.17. The van der Waals surface area contributed by atoms with E-state index in [1.54, 1.807) is 0 Å². The van der Waals surface area contributed by atoms with Crippen LogP contribution in [-0.4, -0.2) is 48.7 Å². The predicted octanol–water partition coefficient (Wildman–Crippen LogP) is 7.34. The van der Waals surface area contributed by atoms with Crippen LogP contribution in [-0.2, 0) is 14.3 Å². The first-order valence-corrected chi connectivity index (χ1v) is 16.5. The van der Waals surface area contributed by atoms with Crippen LogP contribution in [0.5, 0.6) is 0 Å². The first-order valence-electron chi connectivity index (χ1n) is 16.5.